The molecule has 1 N–H and O–H groups in total. The third-order valence-electron chi connectivity index (χ3n) is 3.53. The Kier molecular flexibility index (Phi) is 3.28. The van der Waals surface area contributed by atoms with Gasteiger partial charge in [-0.2, -0.15) is 5.10 Å². The van der Waals surface area contributed by atoms with Crippen molar-refractivity contribution in [3.8, 4) is 5.82 Å². The van der Waals surface area contributed by atoms with Crippen molar-refractivity contribution in [3.05, 3.63) is 47.7 Å². The van der Waals surface area contributed by atoms with Crippen LogP contribution in [0.5, 0.6) is 0 Å². The monoisotopic (exact) mass is 333 g/mol. The molecule has 0 aliphatic rings. The lowest BCUT2D eigenvalue weighted by atomic mass is 10.4. The second kappa shape index (κ2) is 5.60. The Morgan fingerprint density at radius 3 is 2.80 bits per heavy atom. The Hall–Kier alpha value is -3.94. The van der Waals surface area contributed by atoms with Crippen LogP contribution in [-0.4, -0.2) is 39.6 Å². The van der Waals surface area contributed by atoms with Crippen LogP contribution in [0.15, 0.2) is 35.0 Å². The molecule has 0 amide bonds. The van der Waals surface area contributed by atoms with Crippen LogP contribution in [0.2, 0.25) is 0 Å². The van der Waals surface area contributed by atoms with Crippen molar-refractivity contribution in [1.29, 1.82) is 0 Å². The lowest BCUT2D eigenvalue weighted by Gasteiger charge is -2.01. The summed E-state index contributed by atoms with van der Waals surface area (Å²) >= 11 is 0. The third kappa shape index (κ3) is 2.32. The molecule has 11 nitrogen and oxygen atoms in total. The number of hydrogen-bond acceptors (Lipinski definition) is 7. The van der Waals surface area contributed by atoms with Crippen molar-refractivity contribution in [1.82, 2.24) is 39.6 Å². The van der Waals surface area contributed by atoms with Gasteiger partial charge in [-0.1, -0.05) is 0 Å². The van der Waals surface area contributed by atoms with Crippen molar-refractivity contribution < 1.29 is 0 Å². The summed E-state index contributed by atoms with van der Waals surface area (Å²) in [5, 5.41) is 23.8. The molecule has 0 radical (unpaired) electrons. The average molecular weight is 333 g/mol. The highest BCUT2D eigenvalue weighted by atomic mass is 15.4. The number of aromatic nitrogens is 8. The number of nitrogens with zero attached hydrogens (tertiary/aromatic N) is 10. The Bertz CT molecular complexity index is 1120. The largest absolute Gasteiger partial charge is 0.293 e. The van der Waals surface area contributed by atoms with Gasteiger partial charge in [-0.25, -0.2) is 19.0 Å². The number of aryl methyl sites for hydroxylation is 2. The molecule has 122 valence electrons. The molecule has 0 aliphatic heterocycles. The number of aromatic amines is 1. The maximum atomic E-state index is 7.29. The van der Waals surface area contributed by atoms with E-state index in [9.17, 15) is 0 Å². The van der Waals surface area contributed by atoms with E-state index in [1.54, 1.807) is 10.7 Å². The summed E-state index contributed by atoms with van der Waals surface area (Å²) in [6.45, 7) is 11.0. The number of nitrogens with one attached hydrogen (secondary N) is 1. The van der Waals surface area contributed by atoms with Crippen molar-refractivity contribution in [2.75, 3.05) is 0 Å². The summed E-state index contributed by atoms with van der Waals surface area (Å²) in [7, 11) is 0. The van der Waals surface area contributed by atoms with Gasteiger partial charge in [0.2, 0.25) is 5.65 Å². The van der Waals surface area contributed by atoms with Crippen LogP contribution in [0.25, 0.3) is 16.3 Å². The highest BCUT2D eigenvalue weighted by Gasteiger charge is 2.16. The fraction of sp³-hybridized carbons (Fsp3) is 0.143. The normalized spacial score (nSPS) is 11.4. The van der Waals surface area contributed by atoms with Gasteiger partial charge in [0.1, 0.15) is 5.82 Å². The smallest absolute Gasteiger partial charge is 0.252 e. The molecule has 0 aliphatic carbocycles. The molecule has 0 saturated carbocycles. The number of rotatable bonds is 3. The molecular weight excluding hydrogens is 322 g/mol. The van der Waals surface area contributed by atoms with E-state index in [1.807, 2.05) is 13.8 Å². The fourth-order valence-electron chi connectivity index (χ4n) is 2.33. The minimum Gasteiger partial charge on any atom is -0.293 e. The van der Waals surface area contributed by atoms with Gasteiger partial charge < -0.3 is 0 Å². The van der Waals surface area contributed by atoms with Crippen LogP contribution in [0.3, 0.4) is 0 Å². The second-order valence-electron chi connectivity index (χ2n) is 5.13. The molecule has 0 unspecified atom stereocenters. The van der Waals surface area contributed by atoms with E-state index in [1.165, 1.54) is 23.3 Å². The summed E-state index contributed by atoms with van der Waals surface area (Å²) in [6, 6.07) is 0. The first-order valence-corrected chi connectivity index (χ1v) is 7.23. The van der Waals surface area contributed by atoms with E-state index in [-0.39, 0.29) is 11.5 Å². The highest BCUT2D eigenvalue weighted by Crippen LogP contribution is 2.32. The molecule has 0 bridgehead atoms. The summed E-state index contributed by atoms with van der Waals surface area (Å²) in [6.07, 6.45) is 6.03. The number of azo groups is 1. The minimum atomic E-state index is 0.260. The molecule has 0 spiro atoms. The summed E-state index contributed by atoms with van der Waals surface area (Å²) in [4.78, 5) is 11.6. The Morgan fingerprint density at radius 1 is 1.16 bits per heavy atom. The third-order valence-corrected chi connectivity index (χ3v) is 3.53. The lowest BCUT2D eigenvalue weighted by molar-refractivity contribution is 0.831. The van der Waals surface area contributed by atoms with E-state index in [0.29, 0.717) is 23.0 Å². The van der Waals surface area contributed by atoms with Gasteiger partial charge in [0.15, 0.2) is 17.3 Å². The predicted octanol–water partition coefficient (Wildman–Crippen LogP) is 2.62. The quantitative estimate of drug-likeness (QED) is 0.456. The average Bonchev–Trinajstić information content (AvgIpc) is 3.29. The van der Waals surface area contributed by atoms with E-state index >= 15 is 0 Å². The molecule has 4 rings (SSSR count). The SMILES string of the molecule is [C-]#[N+]c1cnn(-c2cnccn2)c1N=Nc1c(C)[nH]n2c(C)nnc12. The molecular formula is C14H11N11. The standard InChI is InChI=1S/C14H11N11/c1-8-12(14-22-19-9(2)24(14)23-8)20-21-13-10(15-3)6-18-25(13)11-7-16-4-5-17-11/h4-7,23H,1-2H3. The Balaban J connectivity index is 1.83. The van der Waals surface area contributed by atoms with Gasteiger partial charge in [-0.15, -0.1) is 20.4 Å². The molecule has 0 saturated heterocycles. The van der Waals surface area contributed by atoms with Crippen LogP contribution in [0, 0.1) is 20.4 Å². The number of H-pyrrole nitrogens is 1. The molecule has 0 atom stereocenters. The Labute approximate surface area is 140 Å². The highest BCUT2D eigenvalue weighted by molar-refractivity contribution is 5.67. The van der Waals surface area contributed by atoms with Gasteiger partial charge in [0.05, 0.1) is 24.7 Å². The van der Waals surface area contributed by atoms with Gasteiger partial charge in [0, 0.05) is 12.4 Å². The summed E-state index contributed by atoms with van der Waals surface area (Å²) in [5.41, 5.74) is 2.15. The first kappa shape index (κ1) is 14.6. The van der Waals surface area contributed by atoms with Crippen LogP contribution >= 0.6 is 0 Å². The van der Waals surface area contributed by atoms with Crippen molar-refractivity contribution >= 4 is 22.8 Å². The van der Waals surface area contributed by atoms with E-state index < -0.39 is 0 Å². The van der Waals surface area contributed by atoms with Crippen molar-refractivity contribution in [2.24, 2.45) is 10.2 Å². The summed E-state index contributed by atoms with van der Waals surface area (Å²) < 4.78 is 3.14. The molecule has 0 fully saturated rings. The first-order chi connectivity index (χ1) is 12.2. The molecule has 4 aromatic heterocycles. The number of hydrogen-bond donors (Lipinski definition) is 1. The second-order valence-corrected chi connectivity index (χ2v) is 5.13. The lowest BCUT2D eigenvalue weighted by Crippen LogP contribution is -1.98. The van der Waals surface area contributed by atoms with Gasteiger partial charge in [0.25, 0.3) is 5.69 Å². The van der Waals surface area contributed by atoms with E-state index in [2.05, 4.69) is 45.4 Å². The van der Waals surface area contributed by atoms with Gasteiger partial charge in [-0.05, 0) is 13.8 Å². The zero-order valence-corrected chi connectivity index (χ0v) is 13.3. The predicted molar refractivity (Wildman–Crippen MR) is 86.4 cm³/mol. The van der Waals surface area contributed by atoms with E-state index in [4.69, 9.17) is 6.57 Å². The van der Waals surface area contributed by atoms with Gasteiger partial charge >= 0.3 is 0 Å². The first-order valence-electron chi connectivity index (χ1n) is 7.23. The maximum Gasteiger partial charge on any atom is 0.252 e. The Morgan fingerprint density at radius 2 is 2.04 bits per heavy atom. The zero-order valence-electron chi connectivity index (χ0n) is 13.3. The zero-order chi connectivity index (χ0) is 17.4. The van der Waals surface area contributed by atoms with E-state index in [0.717, 1.165) is 5.69 Å². The summed E-state index contributed by atoms with van der Waals surface area (Å²) in [5.74, 6) is 1.43. The number of fused-ring (bicyclic) bond motifs is 1. The van der Waals surface area contributed by atoms with Crippen molar-refractivity contribution in [3.63, 3.8) is 0 Å². The molecule has 4 heterocycles. The topological polar surface area (TPSA) is 119 Å². The molecule has 25 heavy (non-hydrogen) atoms. The molecule has 0 aromatic carbocycles. The minimum absolute atomic E-state index is 0.260. The van der Waals surface area contributed by atoms with Crippen LogP contribution in [0.4, 0.5) is 17.2 Å². The van der Waals surface area contributed by atoms with Crippen molar-refractivity contribution in [2.45, 2.75) is 13.8 Å². The maximum absolute atomic E-state index is 7.29. The van der Waals surface area contributed by atoms with Crippen LogP contribution < -0.4 is 0 Å². The van der Waals surface area contributed by atoms with Crippen LogP contribution in [-0.2, 0) is 0 Å². The molecule has 11 heteroatoms. The molecule has 4 aromatic rings. The fourth-order valence-corrected chi connectivity index (χ4v) is 2.33. The van der Waals surface area contributed by atoms with Gasteiger partial charge in [-0.3, -0.25) is 10.1 Å². The van der Waals surface area contributed by atoms with Crippen LogP contribution in [0.1, 0.15) is 11.5 Å².